The molecular weight excluding hydrogens is 490 g/mol. The van der Waals surface area contributed by atoms with Crippen molar-refractivity contribution in [3.8, 4) is 5.75 Å². The van der Waals surface area contributed by atoms with E-state index in [1.165, 1.54) is 24.8 Å². The first-order chi connectivity index (χ1) is 17.0. The number of ether oxygens (including phenoxy) is 3. The molecule has 0 bridgehead atoms. The van der Waals surface area contributed by atoms with Crippen LogP contribution in [0.15, 0.2) is 76.0 Å². The van der Waals surface area contributed by atoms with Crippen LogP contribution in [0, 0.1) is 0 Å². The van der Waals surface area contributed by atoms with Gasteiger partial charge in [0.2, 0.25) is 0 Å². The SMILES string of the molecule is COC(=O)SSc1cccc2c1oc1c(OC(=O)C(C)NC(=O)OCc3ccccc3)cccc12. The van der Waals surface area contributed by atoms with E-state index in [0.717, 1.165) is 32.0 Å². The summed E-state index contributed by atoms with van der Waals surface area (Å²) in [6, 6.07) is 19.0. The van der Waals surface area contributed by atoms with Crippen LogP contribution in [0.5, 0.6) is 5.75 Å². The molecule has 3 aromatic carbocycles. The number of nitrogens with one attached hydrogen (secondary N) is 1. The lowest BCUT2D eigenvalue weighted by Crippen LogP contribution is -2.41. The molecular formula is C25H21NO7S2. The minimum atomic E-state index is -0.958. The van der Waals surface area contributed by atoms with Crippen molar-refractivity contribution in [2.75, 3.05) is 7.11 Å². The Bertz CT molecular complexity index is 1370. The largest absolute Gasteiger partial charge is 0.460 e. The fourth-order valence-corrected chi connectivity index (χ4v) is 4.88. The zero-order chi connectivity index (χ0) is 24.8. The number of alkyl carbamates (subject to hydrolysis) is 1. The molecule has 4 rings (SSSR count). The van der Waals surface area contributed by atoms with Gasteiger partial charge in [-0.05, 0) is 35.4 Å². The summed E-state index contributed by atoms with van der Waals surface area (Å²) in [5.74, 6) is -0.461. The summed E-state index contributed by atoms with van der Waals surface area (Å²) >= 11 is 0. The highest BCUT2D eigenvalue weighted by atomic mass is 33.1. The Kier molecular flexibility index (Phi) is 7.84. The normalized spacial score (nSPS) is 11.7. The molecule has 0 saturated carbocycles. The van der Waals surface area contributed by atoms with Crippen LogP contribution in [0.3, 0.4) is 0 Å². The summed E-state index contributed by atoms with van der Waals surface area (Å²) in [5.41, 5.74) is 1.77. The lowest BCUT2D eigenvalue weighted by atomic mass is 10.1. The molecule has 1 unspecified atom stereocenters. The molecule has 35 heavy (non-hydrogen) atoms. The second kappa shape index (κ2) is 11.2. The fraction of sp³-hybridized carbons (Fsp3) is 0.160. The van der Waals surface area contributed by atoms with E-state index >= 15 is 0 Å². The van der Waals surface area contributed by atoms with Gasteiger partial charge in [-0.1, -0.05) is 54.6 Å². The van der Waals surface area contributed by atoms with Gasteiger partial charge in [-0.25, -0.2) is 14.4 Å². The van der Waals surface area contributed by atoms with Gasteiger partial charge >= 0.3 is 17.4 Å². The lowest BCUT2D eigenvalue weighted by Gasteiger charge is -2.13. The van der Waals surface area contributed by atoms with E-state index in [4.69, 9.17) is 13.9 Å². The van der Waals surface area contributed by atoms with Gasteiger partial charge < -0.3 is 23.9 Å². The number of methoxy groups -OCH3 is 1. The molecule has 0 radical (unpaired) electrons. The van der Waals surface area contributed by atoms with Crippen LogP contribution in [0.25, 0.3) is 21.9 Å². The van der Waals surface area contributed by atoms with Crippen LogP contribution in [0.1, 0.15) is 12.5 Å². The fourth-order valence-electron chi connectivity index (χ4n) is 3.22. The van der Waals surface area contributed by atoms with Crippen molar-refractivity contribution in [3.05, 3.63) is 72.3 Å². The smallest absolute Gasteiger partial charge is 0.408 e. The Balaban J connectivity index is 1.46. The van der Waals surface area contributed by atoms with Crippen molar-refractivity contribution < 1.29 is 33.0 Å². The second-order valence-corrected chi connectivity index (χ2v) is 9.44. The molecule has 0 fully saturated rings. The third-order valence-corrected chi connectivity index (χ3v) is 7.01. The Labute approximate surface area is 208 Å². The van der Waals surface area contributed by atoms with Gasteiger partial charge in [0, 0.05) is 21.6 Å². The molecule has 0 aliphatic carbocycles. The van der Waals surface area contributed by atoms with E-state index in [2.05, 4.69) is 10.1 Å². The number of carbonyl (C=O) groups is 3. The highest BCUT2D eigenvalue weighted by Gasteiger charge is 2.22. The average molecular weight is 512 g/mol. The summed E-state index contributed by atoms with van der Waals surface area (Å²) in [5, 5.41) is 3.60. The number of hydrogen-bond acceptors (Lipinski definition) is 9. The van der Waals surface area contributed by atoms with E-state index in [1.54, 1.807) is 12.1 Å². The Morgan fingerprint density at radius 2 is 1.66 bits per heavy atom. The van der Waals surface area contributed by atoms with Gasteiger partial charge in [0.25, 0.3) is 0 Å². The van der Waals surface area contributed by atoms with Gasteiger partial charge in [-0.2, -0.15) is 0 Å². The third-order valence-electron chi connectivity index (χ3n) is 4.93. The lowest BCUT2D eigenvalue weighted by molar-refractivity contribution is -0.136. The maximum atomic E-state index is 12.7. The monoisotopic (exact) mass is 511 g/mol. The van der Waals surface area contributed by atoms with Crippen LogP contribution in [-0.4, -0.2) is 30.5 Å². The van der Waals surface area contributed by atoms with Gasteiger partial charge in [-0.3, -0.25) is 0 Å². The molecule has 0 aliphatic rings. The molecule has 1 N–H and O–H groups in total. The minimum absolute atomic E-state index is 0.0847. The van der Waals surface area contributed by atoms with Crippen LogP contribution < -0.4 is 10.1 Å². The maximum Gasteiger partial charge on any atom is 0.408 e. The van der Waals surface area contributed by atoms with Crippen molar-refractivity contribution >= 4 is 60.9 Å². The Hall–Kier alpha value is -3.63. The number of furan rings is 1. The van der Waals surface area contributed by atoms with Crippen LogP contribution in [-0.2, 0) is 20.9 Å². The molecule has 4 aromatic rings. The number of carbonyl (C=O) groups excluding carboxylic acids is 3. The van der Waals surface area contributed by atoms with E-state index in [-0.39, 0.29) is 12.4 Å². The van der Waals surface area contributed by atoms with Gasteiger partial charge in [-0.15, -0.1) is 0 Å². The number of rotatable bonds is 7. The molecule has 0 aliphatic heterocycles. The summed E-state index contributed by atoms with van der Waals surface area (Å²) in [7, 11) is 3.47. The number of benzene rings is 3. The predicted molar refractivity (Wildman–Crippen MR) is 134 cm³/mol. The molecule has 8 nitrogen and oxygen atoms in total. The summed E-state index contributed by atoms with van der Waals surface area (Å²) < 4.78 is 21.4. The van der Waals surface area contributed by atoms with Gasteiger partial charge in [0.05, 0.1) is 12.0 Å². The molecule has 10 heteroatoms. The number of fused-ring (bicyclic) bond motifs is 3. The van der Waals surface area contributed by atoms with Crippen LogP contribution >= 0.6 is 21.6 Å². The van der Waals surface area contributed by atoms with Crippen LogP contribution in [0.4, 0.5) is 9.59 Å². The number of hydrogen-bond donors (Lipinski definition) is 1. The predicted octanol–water partition coefficient (Wildman–Crippen LogP) is 6.31. The highest BCUT2D eigenvalue weighted by molar-refractivity contribution is 8.82. The third kappa shape index (κ3) is 5.90. The first-order valence-corrected chi connectivity index (χ1v) is 12.7. The Morgan fingerprint density at radius 1 is 0.943 bits per heavy atom. The second-order valence-electron chi connectivity index (χ2n) is 7.34. The van der Waals surface area contributed by atoms with E-state index in [0.29, 0.717) is 11.2 Å². The molecule has 1 amide bonds. The average Bonchev–Trinajstić information content (AvgIpc) is 3.27. The number of amides is 1. The van der Waals surface area contributed by atoms with E-state index in [1.807, 2.05) is 54.6 Å². The van der Waals surface area contributed by atoms with Crippen molar-refractivity contribution in [1.82, 2.24) is 5.32 Å². The van der Waals surface area contributed by atoms with E-state index < -0.39 is 23.4 Å². The Morgan fingerprint density at radius 3 is 2.40 bits per heavy atom. The summed E-state index contributed by atoms with van der Waals surface area (Å²) in [6.45, 7) is 1.59. The molecule has 0 saturated heterocycles. The molecule has 1 atom stereocenters. The number of para-hydroxylation sites is 2. The first-order valence-electron chi connectivity index (χ1n) is 10.5. The highest BCUT2D eigenvalue weighted by Crippen LogP contribution is 2.42. The quantitative estimate of drug-likeness (QED) is 0.173. The molecule has 1 aromatic heterocycles. The standard InChI is InChI=1S/C25H21NO7S2/c1-15(26-24(28)31-14-16-8-4-3-5-9-16)23(27)32-19-12-6-10-17-18-11-7-13-20(22(18)33-21(17)19)34-35-25(29)30-2/h3-13,15H,14H2,1-2H3,(H,26,28). The zero-order valence-electron chi connectivity index (χ0n) is 18.8. The van der Waals surface area contributed by atoms with Gasteiger partial charge in [0.15, 0.2) is 11.3 Å². The summed E-state index contributed by atoms with van der Waals surface area (Å²) in [6.07, 6.45) is -0.731. The summed E-state index contributed by atoms with van der Waals surface area (Å²) in [4.78, 5) is 37.0. The minimum Gasteiger partial charge on any atom is -0.460 e. The van der Waals surface area contributed by atoms with Crippen molar-refractivity contribution in [1.29, 1.82) is 0 Å². The van der Waals surface area contributed by atoms with Crippen molar-refractivity contribution in [2.24, 2.45) is 0 Å². The first kappa shape index (κ1) is 24.5. The van der Waals surface area contributed by atoms with Crippen molar-refractivity contribution in [2.45, 2.75) is 24.5 Å². The topological polar surface area (TPSA) is 104 Å². The number of esters is 1. The maximum absolute atomic E-state index is 12.7. The molecule has 1 heterocycles. The van der Waals surface area contributed by atoms with E-state index in [9.17, 15) is 14.4 Å². The van der Waals surface area contributed by atoms with Crippen LogP contribution in [0.2, 0.25) is 0 Å². The van der Waals surface area contributed by atoms with Gasteiger partial charge in [0.1, 0.15) is 18.2 Å². The molecule has 180 valence electrons. The molecule has 0 spiro atoms. The zero-order valence-corrected chi connectivity index (χ0v) is 20.4. The van der Waals surface area contributed by atoms with Crippen molar-refractivity contribution in [3.63, 3.8) is 0 Å².